The highest BCUT2D eigenvalue weighted by Gasteiger charge is 2.14. The van der Waals surface area contributed by atoms with Crippen LogP contribution in [0.25, 0.3) is 0 Å². The Morgan fingerprint density at radius 1 is 1.43 bits per heavy atom. The van der Waals surface area contributed by atoms with E-state index in [0.29, 0.717) is 11.7 Å². The Hall–Kier alpha value is -1.22. The van der Waals surface area contributed by atoms with E-state index in [0.717, 1.165) is 12.8 Å². The van der Waals surface area contributed by atoms with Crippen molar-refractivity contribution in [3.05, 3.63) is 29.6 Å². The van der Waals surface area contributed by atoms with Crippen molar-refractivity contribution in [2.45, 2.75) is 25.3 Å². The van der Waals surface area contributed by atoms with Crippen LogP contribution >= 0.6 is 0 Å². The van der Waals surface area contributed by atoms with Gasteiger partial charge in [0.15, 0.2) is 6.29 Å². The standard InChI is InChI=1S/C11H14N2O/c14-8-10-5-4-9(7-13-10)11-3-1-2-6-12-11/h4-5,7-8,11-12H,1-3,6H2. The summed E-state index contributed by atoms with van der Waals surface area (Å²) in [5.41, 5.74) is 1.69. The van der Waals surface area contributed by atoms with Gasteiger partial charge in [-0.25, -0.2) is 0 Å². The van der Waals surface area contributed by atoms with Crippen LogP contribution in [0.1, 0.15) is 41.4 Å². The zero-order valence-electron chi connectivity index (χ0n) is 8.07. The molecule has 1 aliphatic heterocycles. The van der Waals surface area contributed by atoms with Gasteiger partial charge in [0, 0.05) is 12.2 Å². The molecule has 1 atom stereocenters. The van der Waals surface area contributed by atoms with E-state index in [1.54, 1.807) is 12.3 Å². The van der Waals surface area contributed by atoms with Crippen molar-refractivity contribution in [3.8, 4) is 0 Å². The summed E-state index contributed by atoms with van der Waals surface area (Å²) in [6.45, 7) is 1.08. The van der Waals surface area contributed by atoms with Gasteiger partial charge in [-0.1, -0.05) is 12.5 Å². The first-order valence-electron chi connectivity index (χ1n) is 5.04. The molecule has 1 saturated heterocycles. The molecule has 0 bridgehead atoms. The van der Waals surface area contributed by atoms with Crippen LogP contribution in [0.15, 0.2) is 18.3 Å². The molecular weight excluding hydrogens is 176 g/mol. The molecule has 1 N–H and O–H groups in total. The summed E-state index contributed by atoms with van der Waals surface area (Å²) in [7, 11) is 0. The van der Waals surface area contributed by atoms with Crippen molar-refractivity contribution < 1.29 is 4.79 Å². The van der Waals surface area contributed by atoms with Crippen molar-refractivity contribution >= 4 is 6.29 Å². The molecule has 1 fully saturated rings. The molecule has 0 radical (unpaired) electrons. The Morgan fingerprint density at radius 2 is 2.36 bits per heavy atom. The molecule has 0 aromatic carbocycles. The van der Waals surface area contributed by atoms with Crippen molar-refractivity contribution in [3.63, 3.8) is 0 Å². The minimum atomic E-state index is 0.428. The van der Waals surface area contributed by atoms with Gasteiger partial charge in [-0.2, -0.15) is 0 Å². The number of nitrogens with zero attached hydrogens (tertiary/aromatic N) is 1. The summed E-state index contributed by atoms with van der Waals surface area (Å²) in [5.74, 6) is 0. The highest BCUT2D eigenvalue weighted by molar-refractivity contribution is 5.71. The SMILES string of the molecule is O=Cc1ccc(C2CCCCN2)cn1. The Kier molecular flexibility index (Phi) is 2.89. The summed E-state index contributed by atoms with van der Waals surface area (Å²) in [6.07, 6.45) is 6.27. The van der Waals surface area contributed by atoms with E-state index in [4.69, 9.17) is 0 Å². The second kappa shape index (κ2) is 4.33. The van der Waals surface area contributed by atoms with Gasteiger partial charge in [-0.3, -0.25) is 9.78 Å². The number of hydrogen-bond acceptors (Lipinski definition) is 3. The number of hydrogen-bond donors (Lipinski definition) is 1. The number of piperidine rings is 1. The number of rotatable bonds is 2. The third-order valence-corrected chi connectivity index (χ3v) is 2.64. The maximum Gasteiger partial charge on any atom is 0.168 e. The lowest BCUT2D eigenvalue weighted by Crippen LogP contribution is -2.26. The summed E-state index contributed by atoms with van der Waals surface area (Å²) < 4.78 is 0. The fourth-order valence-corrected chi connectivity index (χ4v) is 1.83. The van der Waals surface area contributed by atoms with Gasteiger partial charge >= 0.3 is 0 Å². The molecular formula is C11H14N2O. The van der Waals surface area contributed by atoms with Gasteiger partial charge in [0.1, 0.15) is 5.69 Å². The first-order chi connectivity index (χ1) is 6.90. The monoisotopic (exact) mass is 190 g/mol. The van der Waals surface area contributed by atoms with Gasteiger partial charge in [0.05, 0.1) is 0 Å². The van der Waals surface area contributed by atoms with Crippen molar-refractivity contribution in [2.75, 3.05) is 6.54 Å². The quantitative estimate of drug-likeness (QED) is 0.722. The zero-order chi connectivity index (χ0) is 9.80. The van der Waals surface area contributed by atoms with Crippen LogP contribution < -0.4 is 5.32 Å². The van der Waals surface area contributed by atoms with E-state index < -0.39 is 0 Å². The average molecular weight is 190 g/mol. The van der Waals surface area contributed by atoms with Crippen LogP contribution in [0.5, 0.6) is 0 Å². The van der Waals surface area contributed by atoms with Crippen LogP contribution in [0, 0.1) is 0 Å². The predicted octanol–water partition coefficient (Wildman–Crippen LogP) is 1.71. The first-order valence-corrected chi connectivity index (χ1v) is 5.04. The van der Waals surface area contributed by atoms with E-state index in [1.807, 2.05) is 6.07 Å². The Balaban J connectivity index is 2.11. The highest BCUT2D eigenvalue weighted by Crippen LogP contribution is 2.21. The molecule has 3 nitrogen and oxygen atoms in total. The normalized spacial score (nSPS) is 21.9. The molecule has 2 rings (SSSR count). The number of carbonyl (C=O) groups is 1. The van der Waals surface area contributed by atoms with E-state index in [1.165, 1.54) is 24.8 Å². The Morgan fingerprint density at radius 3 is 2.93 bits per heavy atom. The molecule has 1 aromatic heterocycles. The van der Waals surface area contributed by atoms with Crippen LogP contribution in [-0.2, 0) is 0 Å². The summed E-state index contributed by atoms with van der Waals surface area (Å²) >= 11 is 0. The van der Waals surface area contributed by atoms with Crippen LogP contribution in [0.3, 0.4) is 0 Å². The van der Waals surface area contributed by atoms with E-state index in [9.17, 15) is 4.79 Å². The number of nitrogens with one attached hydrogen (secondary N) is 1. The fourth-order valence-electron chi connectivity index (χ4n) is 1.83. The van der Waals surface area contributed by atoms with Gasteiger partial charge in [-0.05, 0) is 31.0 Å². The molecule has 1 aromatic rings. The zero-order valence-corrected chi connectivity index (χ0v) is 8.07. The number of aromatic nitrogens is 1. The number of aldehydes is 1. The first kappa shape index (κ1) is 9.34. The predicted molar refractivity (Wildman–Crippen MR) is 54.2 cm³/mol. The molecule has 1 unspecified atom stereocenters. The topological polar surface area (TPSA) is 42.0 Å². The lowest BCUT2D eigenvalue weighted by Gasteiger charge is -2.23. The second-order valence-electron chi connectivity index (χ2n) is 3.64. The third kappa shape index (κ3) is 1.99. The maximum atomic E-state index is 10.4. The molecule has 0 saturated carbocycles. The van der Waals surface area contributed by atoms with E-state index in [-0.39, 0.29) is 0 Å². The molecule has 0 amide bonds. The van der Waals surface area contributed by atoms with E-state index in [2.05, 4.69) is 10.3 Å². The Bertz CT molecular complexity index is 302. The summed E-state index contributed by atoms with van der Waals surface area (Å²) in [6, 6.07) is 4.19. The molecule has 0 aliphatic carbocycles. The second-order valence-corrected chi connectivity index (χ2v) is 3.64. The van der Waals surface area contributed by atoms with Crippen LogP contribution in [-0.4, -0.2) is 17.8 Å². The van der Waals surface area contributed by atoms with Crippen molar-refractivity contribution in [2.24, 2.45) is 0 Å². The van der Waals surface area contributed by atoms with E-state index >= 15 is 0 Å². The highest BCUT2D eigenvalue weighted by atomic mass is 16.1. The number of carbonyl (C=O) groups excluding carboxylic acids is 1. The van der Waals surface area contributed by atoms with Crippen molar-refractivity contribution in [1.29, 1.82) is 0 Å². The Labute approximate surface area is 83.5 Å². The minimum absolute atomic E-state index is 0.428. The van der Waals surface area contributed by atoms with Crippen LogP contribution in [0.2, 0.25) is 0 Å². The molecule has 14 heavy (non-hydrogen) atoms. The largest absolute Gasteiger partial charge is 0.310 e. The number of pyridine rings is 1. The maximum absolute atomic E-state index is 10.4. The molecule has 1 aliphatic rings. The smallest absolute Gasteiger partial charge is 0.168 e. The van der Waals surface area contributed by atoms with Gasteiger partial charge in [0.2, 0.25) is 0 Å². The third-order valence-electron chi connectivity index (χ3n) is 2.64. The van der Waals surface area contributed by atoms with Gasteiger partial charge in [-0.15, -0.1) is 0 Å². The lowest BCUT2D eigenvalue weighted by atomic mass is 9.99. The molecule has 3 heteroatoms. The van der Waals surface area contributed by atoms with Crippen molar-refractivity contribution in [1.82, 2.24) is 10.3 Å². The molecule has 74 valence electrons. The van der Waals surface area contributed by atoms with Crippen LogP contribution in [0.4, 0.5) is 0 Å². The minimum Gasteiger partial charge on any atom is -0.310 e. The average Bonchev–Trinajstić information content (AvgIpc) is 2.30. The van der Waals surface area contributed by atoms with Gasteiger partial charge < -0.3 is 5.32 Å². The lowest BCUT2D eigenvalue weighted by molar-refractivity contribution is 0.111. The molecule has 2 heterocycles. The molecule has 0 spiro atoms. The fraction of sp³-hybridized carbons (Fsp3) is 0.455. The summed E-state index contributed by atoms with van der Waals surface area (Å²) in [5, 5.41) is 3.44. The van der Waals surface area contributed by atoms with Gasteiger partial charge in [0.25, 0.3) is 0 Å². The summed E-state index contributed by atoms with van der Waals surface area (Å²) in [4.78, 5) is 14.5.